The van der Waals surface area contributed by atoms with Crippen molar-refractivity contribution in [1.82, 2.24) is 14.9 Å². The van der Waals surface area contributed by atoms with Gasteiger partial charge in [-0.2, -0.15) is 0 Å². The first-order valence-corrected chi connectivity index (χ1v) is 9.00. The summed E-state index contributed by atoms with van der Waals surface area (Å²) in [4.78, 5) is 19.9. The van der Waals surface area contributed by atoms with Crippen molar-refractivity contribution in [2.45, 2.75) is 32.9 Å². The summed E-state index contributed by atoms with van der Waals surface area (Å²) in [6.45, 7) is 5.52. The number of pyridine rings is 1. The van der Waals surface area contributed by atoms with Gasteiger partial charge in [-0.1, -0.05) is 11.6 Å². The van der Waals surface area contributed by atoms with Crippen molar-refractivity contribution in [3.8, 4) is 0 Å². The number of amides is 1. The molecule has 0 saturated heterocycles. The minimum atomic E-state index is -0.646. The van der Waals surface area contributed by atoms with Gasteiger partial charge < -0.3 is 9.30 Å². The second-order valence-electron chi connectivity index (χ2n) is 7.14. The number of halogens is 2. The molecule has 1 N–H and O–H groups in total. The Bertz CT molecular complexity index is 1020. The molecular weight excluding hydrogens is 383 g/mol. The fourth-order valence-corrected chi connectivity index (χ4v) is 2.87. The summed E-state index contributed by atoms with van der Waals surface area (Å²) in [7, 11) is 0. The number of carbonyl (C=O) groups is 1. The number of hydrogen-bond acceptors (Lipinski definition) is 4. The molecule has 3 rings (SSSR count). The van der Waals surface area contributed by atoms with Crippen molar-refractivity contribution in [3.05, 3.63) is 59.1 Å². The number of fused-ring (bicyclic) bond motifs is 1. The molecule has 0 fully saturated rings. The van der Waals surface area contributed by atoms with Crippen molar-refractivity contribution in [1.29, 1.82) is 0 Å². The van der Waals surface area contributed by atoms with Crippen LogP contribution < -0.4 is 5.32 Å². The Hall–Kier alpha value is -2.93. The van der Waals surface area contributed by atoms with Gasteiger partial charge in [0.2, 0.25) is 0 Å². The van der Waals surface area contributed by atoms with Crippen LogP contribution in [-0.2, 0) is 11.3 Å². The summed E-state index contributed by atoms with van der Waals surface area (Å²) >= 11 is 6.28. The summed E-state index contributed by atoms with van der Waals surface area (Å²) in [6, 6.07) is 8.40. The predicted octanol–water partition coefficient (Wildman–Crippen LogP) is 5.06. The lowest BCUT2D eigenvalue weighted by molar-refractivity contribution is 0.0565. The fraction of sp³-hybridized carbons (Fsp3) is 0.250. The Kier molecular flexibility index (Phi) is 5.65. The van der Waals surface area contributed by atoms with Crippen LogP contribution in [-0.4, -0.2) is 27.6 Å². The molecule has 2 aromatic heterocycles. The standard InChI is InChI=1S/C20H20ClFN4O2/c1-20(2,3)28-19(27)25-12-24-13-9-15(21)14(16(22)10-13)11-26-8-6-17-18(26)5-4-7-23-17/h4-10,12H,11H2,1-3H3,(H,24,25,27). The third-order valence-corrected chi connectivity index (χ3v) is 4.12. The quantitative estimate of drug-likeness (QED) is 0.489. The Balaban J connectivity index is 1.74. The molecule has 146 valence electrons. The van der Waals surface area contributed by atoms with E-state index < -0.39 is 17.5 Å². The van der Waals surface area contributed by atoms with E-state index in [2.05, 4.69) is 15.3 Å². The van der Waals surface area contributed by atoms with E-state index in [0.29, 0.717) is 5.56 Å². The van der Waals surface area contributed by atoms with E-state index >= 15 is 0 Å². The average Bonchev–Trinajstić information content (AvgIpc) is 2.99. The molecule has 8 heteroatoms. The van der Waals surface area contributed by atoms with Crippen molar-refractivity contribution >= 4 is 40.8 Å². The minimum Gasteiger partial charge on any atom is -0.444 e. The monoisotopic (exact) mass is 402 g/mol. The fourth-order valence-electron chi connectivity index (χ4n) is 2.61. The van der Waals surface area contributed by atoms with Gasteiger partial charge in [0.15, 0.2) is 0 Å². The van der Waals surface area contributed by atoms with Crippen molar-refractivity contribution in [3.63, 3.8) is 0 Å². The lowest BCUT2D eigenvalue weighted by Gasteiger charge is -2.18. The van der Waals surface area contributed by atoms with Crippen molar-refractivity contribution in [2.75, 3.05) is 0 Å². The third kappa shape index (κ3) is 4.86. The van der Waals surface area contributed by atoms with Crippen LogP contribution >= 0.6 is 11.6 Å². The highest BCUT2D eigenvalue weighted by atomic mass is 35.5. The lowest BCUT2D eigenvalue weighted by Crippen LogP contribution is -2.31. The topological polar surface area (TPSA) is 68.5 Å². The van der Waals surface area contributed by atoms with Crippen LogP contribution in [0.1, 0.15) is 26.3 Å². The number of aromatic nitrogens is 2. The number of carbonyl (C=O) groups excluding carboxylic acids is 1. The van der Waals surface area contributed by atoms with Crippen LogP contribution in [0.3, 0.4) is 0 Å². The maximum absolute atomic E-state index is 14.6. The number of aliphatic imine (C=N–C) groups is 1. The number of benzene rings is 1. The van der Waals surface area contributed by atoms with Crippen LogP contribution in [0.4, 0.5) is 14.9 Å². The molecule has 0 aliphatic rings. The summed E-state index contributed by atoms with van der Waals surface area (Å²) in [5.74, 6) is -0.484. The molecule has 0 unspecified atom stereocenters. The van der Waals surface area contributed by atoms with Gasteiger partial charge in [-0.15, -0.1) is 0 Å². The summed E-state index contributed by atoms with van der Waals surface area (Å²) in [6.07, 6.45) is 4.04. The first kappa shape index (κ1) is 19.8. The molecule has 1 aromatic carbocycles. The highest BCUT2D eigenvalue weighted by molar-refractivity contribution is 6.31. The summed E-state index contributed by atoms with van der Waals surface area (Å²) in [5.41, 5.74) is 1.73. The van der Waals surface area contributed by atoms with Crippen molar-refractivity contribution in [2.24, 2.45) is 4.99 Å². The molecule has 0 bridgehead atoms. The van der Waals surface area contributed by atoms with Crippen molar-refractivity contribution < 1.29 is 13.9 Å². The normalized spacial score (nSPS) is 11.9. The average molecular weight is 403 g/mol. The number of hydrogen-bond donors (Lipinski definition) is 1. The molecular formula is C20H20ClFN4O2. The van der Waals surface area contributed by atoms with Gasteiger partial charge in [0.1, 0.15) is 11.4 Å². The molecule has 1 amide bonds. The second kappa shape index (κ2) is 7.98. The molecule has 2 heterocycles. The highest BCUT2D eigenvalue weighted by Gasteiger charge is 2.15. The van der Waals surface area contributed by atoms with E-state index in [-0.39, 0.29) is 17.3 Å². The summed E-state index contributed by atoms with van der Waals surface area (Å²) < 4.78 is 21.6. The van der Waals surface area contributed by atoms with Crippen LogP contribution in [0.25, 0.3) is 11.0 Å². The van der Waals surface area contributed by atoms with E-state index in [1.807, 2.05) is 29.0 Å². The molecule has 0 aliphatic heterocycles. The molecule has 0 radical (unpaired) electrons. The van der Waals surface area contributed by atoms with E-state index in [4.69, 9.17) is 16.3 Å². The zero-order valence-electron chi connectivity index (χ0n) is 15.7. The largest absolute Gasteiger partial charge is 0.444 e. The number of ether oxygens (including phenoxy) is 1. The molecule has 0 aliphatic carbocycles. The smallest absolute Gasteiger partial charge is 0.412 e. The maximum Gasteiger partial charge on any atom is 0.412 e. The van der Waals surface area contributed by atoms with E-state index in [1.165, 1.54) is 12.1 Å². The second-order valence-corrected chi connectivity index (χ2v) is 7.55. The Morgan fingerprint density at radius 3 is 2.89 bits per heavy atom. The van der Waals surface area contributed by atoms with E-state index in [1.54, 1.807) is 27.0 Å². The minimum absolute atomic E-state index is 0.246. The lowest BCUT2D eigenvalue weighted by atomic mass is 10.2. The number of nitrogens with zero attached hydrogens (tertiary/aromatic N) is 3. The van der Waals surface area contributed by atoms with E-state index in [0.717, 1.165) is 17.4 Å². The van der Waals surface area contributed by atoms with Crippen LogP contribution in [0, 0.1) is 5.82 Å². The maximum atomic E-state index is 14.6. The molecule has 28 heavy (non-hydrogen) atoms. The van der Waals surface area contributed by atoms with Gasteiger partial charge in [0, 0.05) is 18.0 Å². The number of nitrogens with one attached hydrogen (secondary N) is 1. The van der Waals surface area contributed by atoms with Crippen LogP contribution in [0.2, 0.25) is 5.02 Å². The number of alkyl carbamates (subject to hydrolysis) is 1. The van der Waals surface area contributed by atoms with Gasteiger partial charge in [-0.05, 0) is 51.1 Å². The molecule has 6 nitrogen and oxygen atoms in total. The van der Waals surface area contributed by atoms with Gasteiger partial charge in [0.05, 0.1) is 34.6 Å². The first-order chi connectivity index (χ1) is 13.2. The summed E-state index contributed by atoms with van der Waals surface area (Å²) in [5, 5.41) is 2.61. The van der Waals surface area contributed by atoms with E-state index in [9.17, 15) is 9.18 Å². The first-order valence-electron chi connectivity index (χ1n) is 8.63. The van der Waals surface area contributed by atoms with Gasteiger partial charge >= 0.3 is 6.09 Å². The highest BCUT2D eigenvalue weighted by Crippen LogP contribution is 2.28. The van der Waals surface area contributed by atoms with Crippen LogP contribution in [0.15, 0.2) is 47.7 Å². The number of rotatable bonds is 4. The van der Waals surface area contributed by atoms with Gasteiger partial charge in [0.25, 0.3) is 0 Å². The predicted molar refractivity (Wildman–Crippen MR) is 108 cm³/mol. The molecule has 3 aromatic rings. The van der Waals surface area contributed by atoms with Crippen LogP contribution in [0.5, 0.6) is 0 Å². The Morgan fingerprint density at radius 2 is 2.18 bits per heavy atom. The molecule has 0 spiro atoms. The molecule has 0 atom stereocenters. The zero-order chi connectivity index (χ0) is 20.3. The third-order valence-electron chi connectivity index (χ3n) is 3.79. The Morgan fingerprint density at radius 1 is 1.39 bits per heavy atom. The van der Waals surface area contributed by atoms with Gasteiger partial charge in [-0.25, -0.2) is 14.2 Å². The van der Waals surface area contributed by atoms with Gasteiger partial charge in [-0.3, -0.25) is 10.3 Å². The Labute approximate surface area is 167 Å². The zero-order valence-corrected chi connectivity index (χ0v) is 16.5. The molecule has 0 saturated carbocycles. The SMILES string of the molecule is CC(C)(C)OC(=O)NC=Nc1cc(F)c(Cn2ccc3ncccc32)c(Cl)c1.